The highest BCUT2D eigenvalue weighted by Crippen LogP contribution is 2.37. The quantitative estimate of drug-likeness (QED) is 0.0305. The normalized spacial score (nSPS) is 11.4. The van der Waals surface area contributed by atoms with Crippen molar-refractivity contribution in [1.82, 2.24) is 0 Å². The molecule has 6 aromatic rings. The van der Waals surface area contributed by atoms with Crippen molar-refractivity contribution in [1.29, 1.82) is 0 Å². The molecule has 394 valence electrons. The summed E-state index contributed by atoms with van der Waals surface area (Å²) in [5.74, 6) is -0.748. The molecule has 15 heteroatoms. The molecule has 0 heterocycles. The van der Waals surface area contributed by atoms with Crippen LogP contribution in [-0.4, -0.2) is 59.6 Å². The zero-order valence-electron chi connectivity index (χ0n) is 44.0. The average Bonchev–Trinajstić information content (AvgIpc) is 3.35. The second-order valence-electron chi connectivity index (χ2n) is 20.0. The number of hydrogen-bond acceptors (Lipinski definition) is 15. The van der Waals surface area contributed by atoms with Gasteiger partial charge in [0.25, 0.3) is 0 Å². The molecule has 0 saturated carbocycles. The molecule has 0 amide bonds. The molecule has 6 aromatic carbocycles. The Morgan fingerprint density at radius 2 is 0.822 bits per heavy atom. The Kier molecular flexibility index (Phi) is 20.9. The van der Waals surface area contributed by atoms with Crippen molar-refractivity contribution in [2.24, 2.45) is 21.7 Å². The van der Waals surface area contributed by atoms with Gasteiger partial charge in [-0.1, -0.05) is 52.0 Å². The zero-order valence-corrected chi connectivity index (χ0v) is 44.0. The van der Waals surface area contributed by atoms with Crippen LogP contribution in [-0.2, 0) is 41.9 Å². The highest BCUT2D eigenvalue weighted by molar-refractivity contribution is 5.96. The van der Waals surface area contributed by atoms with Crippen molar-refractivity contribution < 1.29 is 73.9 Å². The average molecular weight is 1010 g/mol. The molecule has 6 rings (SSSR count). The van der Waals surface area contributed by atoms with Crippen LogP contribution in [0.4, 0.5) is 0 Å². The van der Waals surface area contributed by atoms with Crippen molar-refractivity contribution in [3.63, 3.8) is 0 Å². The van der Waals surface area contributed by atoms with E-state index in [1.165, 1.54) is 42.5 Å². The molecule has 0 aliphatic carbocycles. The number of hydrogen-bond donors (Lipinski definition) is 7. The zero-order chi connectivity index (χ0) is 55.1. The topological polar surface area (TPSA) is 247 Å². The first-order valence-electron chi connectivity index (χ1n) is 24.0. The summed E-state index contributed by atoms with van der Waals surface area (Å²) in [6.07, 6.45) is 2.81. The predicted octanol–water partition coefficient (Wildman–Crippen LogP) is 12.6. The summed E-state index contributed by atoms with van der Waals surface area (Å²) >= 11 is 0. The van der Waals surface area contributed by atoms with Gasteiger partial charge in [-0.3, -0.25) is 19.2 Å². The number of esters is 4. The van der Waals surface area contributed by atoms with E-state index in [9.17, 15) is 44.7 Å². The molecule has 7 N–H and O–H groups in total. The molecule has 0 spiro atoms. The number of fused-ring (bicyclic) bond motifs is 2. The molecule has 0 radical (unpaired) electrons. The highest BCUT2D eigenvalue weighted by atomic mass is 16.5. The van der Waals surface area contributed by atoms with Gasteiger partial charge in [0, 0.05) is 10.8 Å². The van der Waals surface area contributed by atoms with Gasteiger partial charge in [0.2, 0.25) is 0 Å². The second-order valence-corrected chi connectivity index (χ2v) is 20.0. The summed E-state index contributed by atoms with van der Waals surface area (Å²) in [6.45, 7) is 22.8. The Hall–Kier alpha value is -7.68. The van der Waals surface area contributed by atoms with Crippen LogP contribution in [0.25, 0.3) is 21.5 Å². The van der Waals surface area contributed by atoms with E-state index in [4.69, 9.17) is 29.2 Å². The first-order valence-corrected chi connectivity index (χ1v) is 24.0. The van der Waals surface area contributed by atoms with E-state index >= 15 is 0 Å². The van der Waals surface area contributed by atoms with Crippen LogP contribution in [0, 0.1) is 21.7 Å². The van der Waals surface area contributed by atoms with Crippen LogP contribution >= 0.6 is 0 Å². The number of rotatable bonds is 14. The molecule has 0 aromatic heterocycles. The summed E-state index contributed by atoms with van der Waals surface area (Å²) in [5, 5.41) is 68.2. The molecule has 0 unspecified atom stereocenters. The third kappa shape index (κ3) is 17.3. The highest BCUT2D eigenvalue weighted by Gasteiger charge is 2.30. The fraction of sp³-hybridized carbons (Fsp3) is 0.379. The minimum absolute atomic E-state index is 0.0328. The Morgan fingerprint density at radius 1 is 0.384 bits per heavy atom. The minimum atomic E-state index is -0.568. The standard InChI is InChI=1S/2C16H18O4.C13H18O4.C13H18O3/c1-4-16(2,3)15(19)20-12-6-5-10-8-13(17)14(18)9-11(10)7-12;1-4-16(2,3)15(19)20-14-8-7-13(18)12-9-10(17)5-6-11(12)14;1-4-13(2,3)12(16)17-8-9-5-6-10(14)11(15)7-9;1-4-13(2,3)12(15)16-9-10-5-7-11(14)8-6-10/h2*5-9,17-18H,4H2,1-3H3;5-7,14-15H,4,8H2,1-3H3;5-8,14H,4,9H2,1-3H3. The molecular formula is C58H72O15. The van der Waals surface area contributed by atoms with Gasteiger partial charge < -0.3 is 54.7 Å². The van der Waals surface area contributed by atoms with Crippen molar-refractivity contribution >= 4 is 45.4 Å². The van der Waals surface area contributed by atoms with Crippen molar-refractivity contribution in [2.45, 2.75) is 122 Å². The largest absolute Gasteiger partial charge is 0.508 e. The molecule has 15 nitrogen and oxygen atoms in total. The lowest BCUT2D eigenvalue weighted by Crippen LogP contribution is -2.28. The van der Waals surface area contributed by atoms with E-state index in [1.807, 2.05) is 83.1 Å². The summed E-state index contributed by atoms with van der Waals surface area (Å²) in [6, 6.07) is 26.5. The van der Waals surface area contributed by atoms with E-state index in [2.05, 4.69) is 0 Å². The summed E-state index contributed by atoms with van der Waals surface area (Å²) in [5.41, 5.74) is -0.526. The third-order valence-corrected chi connectivity index (χ3v) is 12.7. The van der Waals surface area contributed by atoms with Gasteiger partial charge in [0.05, 0.1) is 21.7 Å². The number of benzene rings is 6. The van der Waals surface area contributed by atoms with Crippen molar-refractivity contribution in [3.8, 4) is 51.7 Å². The molecule has 0 aliphatic rings. The van der Waals surface area contributed by atoms with Gasteiger partial charge in [0.15, 0.2) is 23.0 Å². The van der Waals surface area contributed by atoms with E-state index in [0.717, 1.165) is 17.4 Å². The lowest BCUT2D eigenvalue weighted by Gasteiger charge is -2.20. The molecule has 0 aliphatic heterocycles. The van der Waals surface area contributed by atoms with Gasteiger partial charge in [-0.2, -0.15) is 0 Å². The van der Waals surface area contributed by atoms with Crippen LogP contribution in [0.3, 0.4) is 0 Å². The van der Waals surface area contributed by atoms with Crippen LogP contribution < -0.4 is 9.47 Å². The Balaban J connectivity index is 0.000000258. The molecular weight excluding hydrogens is 937 g/mol. The first-order chi connectivity index (χ1) is 34.0. The monoisotopic (exact) mass is 1010 g/mol. The molecule has 0 saturated heterocycles. The lowest BCUT2D eigenvalue weighted by atomic mass is 9.90. The van der Waals surface area contributed by atoms with E-state index in [-0.39, 0.29) is 77.3 Å². The number of aromatic hydroxyl groups is 7. The maximum atomic E-state index is 12.1. The second kappa shape index (κ2) is 25.6. The third-order valence-electron chi connectivity index (χ3n) is 12.7. The fourth-order valence-corrected chi connectivity index (χ4v) is 5.70. The van der Waals surface area contributed by atoms with Crippen molar-refractivity contribution in [2.75, 3.05) is 0 Å². The van der Waals surface area contributed by atoms with Gasteiger partial charge in [-0.05, 0) is 182 Å². The number of carbonyl (C=O) groups excluding carboxylic acids is 4. The number of phenols is 7. The lowest BCUT2D eigenvalue weighted by molar-refractivity contribution is -0.156. The van der Waals surface area contributed by atoms with Crippen LogP contribution in [0.2, 0.25) is 0 Å². The smallest absolute Gasteiger partial charge is 0.316 e. The first kappa shape index (κ1) is 59.6. The molecule has 0 bridgehead atoms. The van der Waals surface area contributed by atoms with E-state index in [1.54, 1.807) is 60.7 Å². The van der Waals surface area contributed by atoms with Gasteiger partial charge in [-0.25, -0.2) is 0 Å². The number of carbonyl (C=O) groups is 4. The summed E-state index contributed by atoms with van der Waals surface area (Å²) < 4.78 is 21.2. The van der Waals surface area contributed by atoms with Crippen molar-refractivity contribution in [3.05, 3.63) is 114 Å². The summed E-state index contributed by atoms with van der Waals surface area (Å²) in [4.78, 5) is 47.5. The van der Waals surface area contributed by atoms with E-state index in [0.29, 0.717) is 52.5 Å². The molecule has 73 heavy (non-hydrogen) atoms. The van der Waals surface area contributed by atoms with Crippen LogP contribution in [0.5, 0.6) is 51.7 Å². The van der Waals surface area contributed by atoms with Crippen LogP contribution in [0.15, 0.2) is 103 Å². The molecule has 0 atom stereocenters. The Morgan fingerprint density at radius 3 is 1.34 bits per heavy atom. The Bertz CT molecular complexity index is 2840. The Labute approximate surface area is 427 Å². The van der Waals surface area contributed by atoms with Gasteiger partial charge in [0.1, 0.15) is 42.0 Å². The number of ether oxygens (including phenoxy) is 4. The van der Waals surface area contributed by atoms with Gasteiger partial charge >= 0.3 is 23.9 Å². The molecule has 0 fully saturated rings. The van der Waals surface area contributed by atoms with E-state index < -0.39 is 21.7 Å². The fourth-order valence-electron chi connectivity index (χ4n) is 5.70. The SMILES string of the molecule is CCC(C)(C)C(=O)OCc1ccc(O)c(O)c1.CCC(C)(C)C(=O)OCc1ccc(O)cc1.CCC(C)(C)C(=O)Oc1ccc(O)c2cc(O)ccc12.CCC(C)(C)C(=O)Oc1ccc2cc(O)c(O)cc2c1. The maximum Gasteiger partial charge on any atom is 0.316 e. The van der Waals surface area contributed by atoms with Crippen LogP contribution in [0.1, 0.15) is 120 Å². The van der Waals surface area contributed by atoms with Gasteiger partial charge in [-0.15, -0.1) is 0 Å². The minimum Gasteiger partial charge on any atom is -0.508 e. The number of phenolic OH excluding ortho intramolecular Hbond substituents is 7. The summed E-state index contributed by atoms with van der Waals surface area (Å²) in [7, 11) is 0. The predicted molar refractivity (Wildman–Crippen MR) is 280 cm³/mol. The maximum absolute atomic E-state index is 12.1.